The van der Waals surface area contributed by atoms with Crippen LogP contribution in [0.25, 0.3) is 0 Å². The van der Waals surface area contributed by atoms with E-state index in [0.717, 1.165) is 22.9 Å². The summed E-state index contributed by atoms with van der Waals surface area (Å²) in [7, 11) is 0. The second-order valence-electron chi connectivity index (χ2n) is 5.86. The number of hydrogen-bond donors (Lipinski definition) is 2. The first-order valence-corrected chi connectivity index (χ1v) is 9.40. The molecule has 0 heterocycles. The van der Waals surface area contributed by atoms with Crippen molar-refractivity contribution in [1.82, 2.24) is 0 Å². The van der Waals surface area contributed by atoms with Crippen LogP contribution in [0.3, 0.4) is 0 Å². The quantitative estimate of drug-likeness (QED) is 0.371. The molecule has 0 radical (unpaired) electrons. The monoisotopic (exact) mass is 402 g/mol. The normalized spacial score (nSPS) is 11.8. The van der Waals surface area contributed by atoms with E-state index in [9.17, 15) is 4.79 Å². The van der Waals surface area contributed by atoms with Gasteiger partial charge in [0.25, 0.3) is 0 Å². The molecule has 0 spiro atoms. The van der Waals surface area contributed by atoms with Crippen LogP contribution in [-0.4, -0.2) is 11.6 Å². The Bertz CT molecular complexity index is 685. The van der Waals surface area contributed by atoms with Crippen LogP contribution in [0.1, 0.15) is 45.6 Å². The molecule has 1 aromatic rings. The van der Waals surface area contributed by atoms with Gasteiger partial charge in [-0.3, -0.25) is 10.2 Å². The van der Waals surface area contributed by atoms with Gasteiger partial charge in [0.15, 0.2) is 0 Å². The van der Waals surface area contributed by atoms with E-state index < -0.39 is 0 Å². The largest absolute Gasteiger partial charge is 0.325 e. The van der Waals surface area contributed by atoms with Crippen LogP contribution < -0.4 is 5.32 Å². The smallest absolute Gasteiger partial charge is 0.224 e. The third-order valence-corrected chi connectivity index (χ3v) is 4.58. The Morgan fingerprint density at radius 2 is 2.04 bits per heavy atom. The summed E-state index contributed by atoms with van der Waals surface area (Å²) >= 11 is 3.45. The molecule has 0 bridgehead atoms. The molecule has 0 aliphatic carbocycles. The highest BCUT2D eigenvalue weighted by Crippen LogP contribution is 2.25. The van der Waals surface area contributed by atoms with Crippen molar-refractivity contribution < 1.29 is 4.79 Å². The zero-order chi connectivity index (χ0) is 18.8. The standard InChI is InChI=1S/C21H27BrN2O/c1-5-9-16(10-6-2)21(23)18-14-17(22)11-12-19(18)24-20(25)13-15(7-3)8-4/h5-6,9-12,14-15,23H,1,7-8,13H2,2-4H3,(H,24,25)/b10-6-,16-9+,23-21?. The lowest BCUT2D eigenvalue weighted by molar-refractivity contribution is -0.117. The Hall–Kier alpha value is -1.94. The molecule has 134 valence electrons. The lowest BCUT2D eigenvalue weighted by Gasteiger charge is -2.16. The van der Waals surface area contributed by atoms with E-state index in [4.69, 9.17) is 5.41 Å². The molecule has 4 heteroatoms. The molecule has 0 aromatic heterocycles. The van der Waals surface area contributed by atoms with Gasteiger partial charge in [-0.15, -0.1) is 0 Å². The highest BCUT2D eigenvalue weighted by molar-refractivity contribution is 9.10. The SMILES string of the molecule is C=C/C=C(\C=C/C)C(=N)c1cc(Br)ccc1NC(=O)CC(CC)CC. The van der Waals surface area contributed by atoms with Gasteiger partial charge in [0.1, 0.15) is 0 Å². The Balaban J connectivity index is 3.14. The third-order valence-electron chi connectivity index (χ3n) is 4.09. The van der Waals surface area contributed by atoms with E-state index in [1.54, 1.807) is 12.2 Å². The van der Waals surface area contributed by atoms with Gasteiger partial charge in [-0.05, 0) is 36.6 Å². The van der Waals surface area contributed by atoms with Gasteiger partial charge in [-0.25, -0.2) is 0 Å². The van der Waals surface area contributed by atoms with Crippen LogP contribution in [0.2, 0.25) is 0 Å². The van der Waals surface area contributed by atoms with Crippen molar-refractivity contribution in [2.75, 3.05) is 5.32 Å². The molecule has 0 aliphatic rings. The summed E-state index contributed by atoms with van der Waals surface area (Å²) in [6.07, 6.45) is 9.67. The first-order chi connectivity index (χ1) is 12.0. The first kappa shape index (κ1) is 21.1. The molecule has 2 N–H and O–H groups in total. The summed E-state index contributed by atoms with van der Waals surface area (Å²) < 4.78 is 0.865. The number of benzene rings is 1. The van der Waals surface area contributed by atoms with Crippen molar-refractivity contribution in [3.63, 3.8) is 0 Å². The number of hydrogen-bond acceptors (Lipinski definition) is 2. The fourth-order valence-corrected chi connectivity index (χ4v) is 2.92. The summed E-state index contributed by atoms with van der Waals surface area (Å²) in [5, 5.41) is 11.5. The number of halogens is 1. The number of carbonyl (C=O) groups excluding carboxylic acids is 1. The molecular weight excluding hydrogens is 376 g/mol. The minimum Gasteiger partial charge on any atom is -0.325 e. The van der Waals surface area contributed by atoms with E-state index in [1.165, 1.54) is 0 Å². The van der Waals surface area contributed by atoms with Gasteiger partial charge >= 0.3 is 0 Å². The highest BCUT2D eigenvalue weighted by Gasteiger charge is 2.15. The predicted octanol–water partition coefficient (Wildman–Crippen LogP) is 6.27. The number of rotatable bonds is 9. The van der Waals surface area contributed by atoms with Gasteiger partial charge in [-0.2, -0.15) is 0 Å². The van der Waals surface area contributed by atoms with Gasteiger partial charge in [-0.1, -0.05) is 73.5 Å². The van der Waals surface area contributed by atoms with Crippen molar-refractivity contribution in [2.24, 2.45) is 5.92 Å². The Kier molecular flexibility index (Phi) is 9.14. The van der Waals surface area contributed by atoms with Crippen LogP contribution in [0.5, 0.6) is 0 Å². The third kappa shape index (κ3) is 6.46. The van der Waals surface area contributed by atoms with Crippen LogP contribution >= 0.6 is 15.9 Å². The Morgan fingerprint density at radius 1 is 1.36 bits per heavy atom. The second kappa shape index (κ2) is 10.8. The van der Waals surface area contributed by atoms with Crippen molar-refractivity contribution in [2.45, 2.75) is 40.0 Å². The average Bonchev–Trinajstić information content (AvgIpc) is 2.60. The average molecular weight is 403 g/mol. The summed E-state index contributed by atoms with van der Waals surface area (Å²) in [6, 6.07) is 5.56. The van der Waals surface area contributed by atoms with Crippen molar-refractivity contribution in [3.05, 3.63) is 64.7 Å². The summed E-state index contributed by atoms with van der Waals surface area (Å²) in [4.78, 5) is 12.4. The molecule has 1 aromatic carbocycles. The van der Waals surface area contributed by atoms with Crippen LogP contribution in [0, 0.1) is 11.3 Å². The maximum atomic E-state index is 12.4. The van der Waals surface area contributed by atoms with Crippen molar-refractivity contribution in [1.29, 1.82) is 5.41 Å². The fourth-order valence-electron chi connectivity index (χ4n) is 2.56. The van der Waals surface area contributed by atoms with E-state index in [-0.39, 0.29) is 5.91 Å². The Morgan fingerprint density at radius 3 is 2.60 bits per heavy atom. The molecule has 0 unspecified atom stereocenters. The molecule has 0 saturated carbocycles. The zero-order valence-corrected chi connectivity index (χ0v) is 16.8. The number of anilines is 1. The minimum atomic E-state index is -0.00893. The van der Waals surface area contributed by atoms with Gasteiger partial charge in [0.05, 0.1) is 11.4 Å². The van der Waals surface area contributed by atoms with Gasteiger partial charge < -0.3 is 5.32 Å². The van der Waals surface area contributed by atoms with E-state index >= 15 is 0 Å². The molecule has 0 saturated heterocycles. The molecule has 0 aliphatic heterocycles. The summed E-state index contributed by atoms with van der Waals surface area (Å²) in [5.74, 6) is 0.378. The fraction of sp³-hybridized carbons (Fsp3) is 0.333. The van der Waals surface area contributed by atoms with Gasteiger partial charge in [0, 0.05) is 16.5 Å². The molecule has 0 fully saturated rings. The molecule has 1 rings (SSSR count). The van der Waals surface area contributed by atoms with E-state index in [0.29, 0.717) is 29.3 Å². The summed E-state index contributed by atoms with van der Waals surface area (Å²) in [5.41, 5.74) is 2.42. The maximum absolute atomic E-state index is 12.4. The molecule has 3 nitrogen and oxygen atoms in total. The van der Waals surface area contributed by atoms with Gasteiger partial charge in [0.2, 0.25) is 5.91 Å². The topological polar surface area (TPSA) is 53.0 Å². The molecule has 25 heavy (non-hydrogen) atoms. The molecule has 1 amide bonds. The van der Waals surface area contributed by atoms with Crippen LogP contribution in [-0.2, 0) is 4.79 Å². The number of carbonyl (C=O) groups is 1. The van der Waals surface area contributed by atoms with Crippen molar-refractivity contribution >= 4 is 33.2 Å². The molecular formula is C21H27BrN2O. The maximum Gasteiger partial charge on any atom is 0.224 e. The first-order valence-electron chi connectivity index (χ1n) is 8.60. The number of nitrogens with one attached hydrogen (secondary N) is 2. The predicted molar refractivity (Wildman–Crippen MR) is 111 cm³/mol. The van der Waals surface area contributed by atoms with Crippen LogP contribution in [0.15, 0.2) is 59.1 Å². The second-order valence-corrected chi connectivity index (χ2v) is 6.77. The van der Waals surface area contributed by atoms with E-state index in [2.05, 4.69) is 41.7 Å². The Labute approximate surface area is 159 Å². The number of allylic oxidation sites excluding steroid dienone is 5. The highest BCUT2D eigenvalue weighted by atomic mass is 79.9. The lowest BCUT2D eigenvalue weighted by Crippen LogP contribution is -2.18. The van der Waals surface area contributed by atoms with Crippen molar-refractivity contribution in [3.8, 4) is 0 Å². The van der Waals surface area contributed by atoms with E-state index in [1.807, 2.05) is 37.3 Å². The zero-order valence-electron chi connectivity index (χ0n) is 15.2. The molecule has 0 atom stereocenters. The number of amides is 1. The van der Waals surface area contributed by atoms with Crippen LogP contribution in [0.4, 0.5) is 5.69 Å². The lowest BCUT2D eigenvalue weighted by atomic mass is 9.98. The minimum absolute atomic E-state index is 0.00893. The summed E-state index contributed by atoms with van der Waals surface area (Å²) in [6.45, 7) is 9.82.